The molecule has 29 heavy (non-hydrogen) atoms. The molecule has 1 saturated carbocycles. The Bertz CT molecular complexity index is 979. The molecule has 1 aromatic carbocycles. The second-order valence-corrected chi connectivity index (χ2v) is 9.38. The Balaban J connectivity index is 1.34. The Kier molecular flexibility index (Phi) is 5.64. The lowest BCUT2D eigenvalue weighted by Gasteiger charge is -2.28. The predicted molar refractivity (Wildman–Crippen MR) is 103 cm³/mol. The highest BCUT2D eigenvalue weighted by molar-refractivity contribution is 7.89. The van der Waals surface area contributed by atoms with Crippen molar-refractivity contribution in [1.29, 1.82) is 0 Å². The number of carbonyl (C=O) groups is 1. The molecule has 4 rings (SSSR count). The number of aromatic nitrogens is 3. The zero-order valence-corrected chi connectivity index (χ0v) is 16.8. The maximum absolute atomic E-state index is 13.3. The van der Waals surface area contributed by atoms with Crippen molar-refractivity contribution in [2.45, 2.75) is 55.5 Å². The Morgan fingerprint density at radius 1 is 1.14 bits per heavy atom. The molecule has 8 nitrogen and oxygen atoms in total. The van der Waals surface area contributed by atoms with Crippen LogP contribution in [0.25, 0.3) is 0 Å². The Morgan fingerprint density at radius 2 is 1.86 bits per heavy atom. The van der Waals surface area contributed by atoms with Gasteiger partial charge < -0.3 is 4.90 Å². The maximum atomic E-state index is 13.3. The molecule has 0 radical (unpaired) electrons. The molecule has 0 unspecified atom stereocenters. The highest BCUT2D eigenvalue weighted by Gasteiger charge is 2.28. The van der Waals surface area contributed by atoms with Crippen LogP contribution in [0.5, 0.6) is 0 Å². The number of halogens is 1. The molecular formula is C19H24FN5O3S. The minimum atomic E-state index is -3.76. The van der Waals surface area contributed by atoms with Gasteiger partial charge in [0.2, 0.25) is 10.0 Å². The van der Waals surface area contributed by atoms with E-state index in [0.717, 1.165) is 44.8 Å². The van der Waals surface area contributed by atoms with Crippen molar-refractivity contribution in [2.24, 2.45) is 0 Å². The van der Waals surface area contributed by atoms with E-state index in [1.807, 2.05) is 0 Å². The first-order valence-electron chi connectivity index (χ1n) is 9.91. The van der Waals surface area contributed by atoms with Crippen LogP contribution in [-0.2, 0) is 10.0 Å². The third-order valence-electron chi connectivity index (χ3n) is 5.62. The fraction of sp³-hybridized carbons (Fsp3) is 0.526. The van der Waals surface area contributed by atoms with Crippen LogP contribution in [0.3, 0.4) is 0 Å². The van der Waals surface area contributed by atoms with Crippen LogP contribution >= 0.6 is 0 Å². The molecule has 2 aliphatic rings. The van der Waals surface area contributed by atoms with E-state index in [-0.39, 0.29) is 22.9 Å². The maximum Gasteiger partial charge on any atom is 0.276 e. The number of carbonyl (C=O) groups excluding carboxylic acids is 1. The SMILES string of the molecule is O=C(c1cn(C2CCC(NS(=O)(=O)c3cccc(F)c3)CC2)nn1)N1CCCC1. The Hall–Kier alpha value is -2.33. The minimum absolute atomic E-state index is 0.0685. The van der Waals surface area contributed by atoms with Gasteiger partial charge in [-0.25, -0.2) is 22.2 Å². The molecule has 2 aromatic rings. The molecule has 1 amide bonds. The zero-order valence-electron chi connectivity index (χ0n) is 16.0. The highest BCUT2D eigenvalue weighted by Crippen LogP contribution is 2.29. The normalized spacial score (nSPS) is 22.7. The van der Waals surface area contributed by atoms with Gasteiger partial charge in [-0.1, -0.05) is 11.3 Å². The first-order valence-corrected chi connectivity index (χ1v) is 11.4. The van der Waals surface area contributed by atoms with E-state index in [1.54, 1.807) is 15.8 Å². The monoisotopic (exact) mass is 421 g/mol. The molecule has 156 valence electrons. The molecule has 0 atom stereocenters. The molecule has 1 aliphatic heterocycles. The largest absolute Gasteiger partial charge is 0.337 e. The summed E-state index contributed by atoms with van der Waals surface area (Å²) < 4.78 is 42.7. The lowest BCUT2D eigenvalue weighted by atomic mass is 9.92. The molecule has 10 heteroatoms. The fourth-order valence-electron chi connectivity index (χ4n) is 4.02. The van der Waals surface area contributed by atoms with Gasteiger partial charge in [0.05, 0.1) is 17.1 Å². The smallest absolute Gasteiger partial charge is 0.276 e. The summed E-state index contributed by atoms with van der Waals surface area (Å²) in [4.78, 5) is 14.1. The van der Waals surface area contributed by atoms with E-state index in [4.69, 9.17) is 0 Å². The molecule has 2 heterocycles. The Morgan fingerprint density at radius 3 is 2.55 bits per heavy atom. The van der Waals surface area contributed by atoms with Gasteiger partial charge in [0.1, 0.15) is 5.82 Å². The summed E-state index contributed by atoms with van der Waals surface area (Å²) in [6, 6.07) is 4.86. The van der Waals surface area contributed by atoms with Gasteiger partial charge in [0.15, 0.2) is 5.69 Å². The summed E-state index contributed by atoms with van der Waals surface area (Å²) in [7, 11) is -3.76. The van der Waals surface area contributed by atoms with Crippen LogP contribution in [0.4, 0.5) is 4.39 Å². The topological polar surface area (TPSA) is 97.2 Å². The van der Waals surface area contributed by atoms with Crippen molar-refractivity contribution in [1.82, 2.24) is 24.6 Å². The van der Waals surface area contributed by atoms with Crippen molar-refractivity contribution in [3.8, 4) is 0 Å². The van der Waals surface area contributed by atoms with Gasteiger partial charge in [-0.2, -0.15) is 0 Å². The molecular weight excluding hydrogens is 397 g/mol. The van der Waals surface area contributed by atoms with Crippen LogP contribution in [0.15, 0.2) is 35.4 Å². The van der Waals surface area contributed by atoms with E-state index in [2.05, 4.69) is 15.0 Å². The quantitative estimate of drug-likeness (QED) is 0.798. The summed E-state index contributed by atoms with van der Waals surface area (Å²) >= 11 is 0. The van der Waals surface area contributed by atoms with E-state index in [1.165, 1.54) is 18.2 Å². The first kappa shape index (κ1) is 20.0. The van der Waals surface area contributed by atoms with Gasteiger partial charge in [0, 0.05) is 19.1 Å². The average Bonchev–Trinajstić information content (AvgIpc) is 3.40. The number of hydrogen-bond acceptors (Lipinski definition) is 5. The first-order chi connectivity index (χ1) is 13.9. The van der Waals surface area contributed by atoms with E-state index >= 15 is 0 Å². The number of benzene rings is 1. The van der Waals surface area contributed by atoms with Gasteiger partial charge in [-0.15, -0.1) is 5.10 Å². The van der Waals surface area contributed by atoms with E-state index in [9.17, 15) is 17.6 Å². The molecule has 1 aromatic heterocycles. The summed E-state index contributed by atoms with van der Waals surface area (Å²) in [5, 5.41) is 8.17. The Labute approximate surface area is 169 Å². The molecule has 1 saturated heterocycles. The van der Waals surface area contributed by atoms with Crippen LogP contribution in [0, 0.1) is 5.82 Å². The number of likely N-dealkylation sites (tertiary alicyclic amines) is 1. The average molecular weight is 421 g/mol. The van der Waals surface area contributed by atoms with Gasteiger partial charge in [-0.3, -0.25) is 4.79 Å². The molecule has 0 bridgehead atoms. The van der Waals surface area contributed by atoms with E-state index < -0.39 is 15.8 Å². The summed E-state index contributed by atoms with van der Waals surface area (Å²) in [5.41, 5.74) is 0.362. The van der Waals surface area contributed by atoms with Crippen molar-refractivity contribution >= 4 is 15.9 Å². The lowest BCUT2D eigenvalue weighted by Crippen LogP contribution is -2.38. The van der Waals surface area contributed by atoms with Crippen molar-refractivity contribution < 1.29 is 17.6 Å². The number of nitrogens with one attached hydrogen (secondary N) is 1. The number of hydrogen-bond donors (Lipinski definition) is 1. The van der Waals surface area contributed by atoms with Crippen molar-refractivity contribution in [3.63, 3.8) is 0 Å². The third kappa shape index (κ3) is 4.48. The number of sulfonamides is 1. The minimum Gasteiger partial charge on any atom is -0.337 e. The van der Waals surface area contributed by atoms with Crippen molar-refractivity contribution in [3.05, 3.63) is 42.0 Å². The summed E-state index contributed by atoms with van der Waals surface area (Å²) in [5.74, 6) is -0.660. The second-order valence-electron chi connectivity index (χ2n) is 7.67. The van der Waals surface area contributed by atoms with Crippen LogP contribution in [0.2, 0.25) is 0 Å². The van der Waals surface area contributed by atoms with Gasteiger partial charge >= 0.3 is 0 Å². The van der Waals surface area contributed by atoms with Crippen LogP contribution < -0.4 is 4.72 Å². The fourth-order valence-corrected chi connectivity index (χ4v) is 5.35. The molecule has 2 fully saturated rings. The number of amides is 1. The summed E-state index contributed by atoms with van der Waals surface area (Å²) in [6.45, 7) is 1.53. The van der Waals surface area contributed by atoms with Crippen molar-refractivity contribution in [2.75, 3.05) is 13.1 Å². The second kappa shape index (κ2) is 8.19. The van der Waals surface area contributed by atoms with Crippen LogP contribution in [-0.4, -0.2) is 53.4 Å². The number of nitrogens with zero attached hydrogens (tertiary/aromatic N) is 4. The number of rotatable bonds is 5. The standard InChI is InChI=1S/C19H24FN5O3S/c20-14-4-3-5-17(12-14)29(27,28)22-15-6-8-16(9-7-15)25-13-18(21-23-25)19(26)24-10-1-2-11-24/h3-5,12-13,15-16,22H,1-2,6-11H2. The van der Waals surface area contributed by atoms with Gasteiger partial charge in [-0.05, 0) is 56.7 Å². The van der Waals surface area contributed by atoms with Crippen LogP contribution in [0.1, 0.15) is 55.1 Å². The zero-order chi connectivity index (χ0) is 20.4. The highest BCUT2D eigenvalue weighted by atomic mass is 32.2. The predicted octanol–water partition coefficient (Wildman–Crippen LogP) is 2.12. The molecule has 1 N–H and O–H groups in total. The lowest BCUT2D eigenvalue weighted by molar-refractivity contribution is 0.0787. The third-order valence-corrected chi connectivity index (χ3v) is 7.14. The molecule has 0 spiro atoms. The van der Waals surface area contributed by atoms with Gasteiger partial charge in [0.25, 0.3) is 5.91 Å². The summed E-state index contributed by atoms with van der Waals surface area (Å²) in [6.07, 6.45) is 6.45. The molecule has 1 aliphatic carbocycles. The van der Waals surface area contributed by atoms with E-state index in [0.29, 0.717) is 18.5 Å².